The third-order valence-corrected chi connectivity index (χ3v) is 2.58. The van der Waals surface area contributed by atoms with Gasteiger partial charge in [0, 0.05) is 6.20 Å². The molecule has 0 saturated carbocycles. The highest BCUT2D eigenvalue weighted by Gasteiger charge is 2.18. The van der Waals surface area contributed by atoms with E-state index in [2.05, 4.69) is 15.9 Å². The minimum atomic E-state index is -0.624. The van der Waals surface area contributed by atoms with Crippen LogP contribution in [0, 0.1) is 26.2 Å². The maximum atomic E-state index is 11.4. The SMILES string of the molecule is C#Cc1nc(C(N)=O)n(-c2cncc(C)c2)c1C. The van der Waals surface area contributed by atoms with Gasteiger partial charge < -0.3 is 5.73 Å². The Labute approximate surface area is 105 Å². The van der Waals surface area contributed by atoms with E-state index in [1.165, 1.54) is 0 Å². The fourth-order valence-electron chi connectivity index (χ4n) is 1.78. The highest BCUT2D eigenvalue weighted by Crippen LogP contribution is 2.17. The Morgan fingerprint density at radius 2 is 2.17 bits per heavy atom. The number of nitrogens with zero attached hydrogens (tertiary/aromatic N) is 3. The van der Waals surface area contributed by atoms with Gasteiger partial charge in [-0.05, 0) is 31.4 Å². The van der Waals surface area contributed by atoms with Crippen LogP contribution in [0.25, 0.3) is 5.69 Å². The smallest absolute Gasteiger partial charge is 0.285 e. The van der Waals surface area contributed by atoms with Crippen LogP contribution in [0.5, 0.6) is 0 Å². The summed E-state index contributed by atoms with van der Waals surface area (Å²) in [6.07, 6.45) is 8.70. The van der Waals surface area contributed by atoms with Crippen molar-refractivity contribution in [3.63, 3.8) is 0 Å². The van der Waals surface area contributed by atoms with Crippen molar-refractivity contribution in [1.82, 2.24) is 14.5 Å². The summed E-state index contributed by atoms with van der Waals surface area (Å²) in [5, 5.41) is 0. The molecule has 5 nitrogen and oxygen atoms in total. The molecule has 0 fully saturated rings. The first-order chi connectivity index (χ1) is 8.54. The van der Waals surface area contributed by atoms with E-state index in [-0.39, 0.29) is 5.82 Å². The molecule has 5 heteroatoms. The largest absolute Gasteiger partial charge is 0.363 e. The molecule has 0 aliphatic heterocycles. The molecule has 2 aromatic heterocycles. The van der Waals surface area contributed by atoms with Crippen molar-refractivity contribution in [1.29, 1.82) is 0 Å². The van der Waals surface area contributed by atoms with Gasteiger partial charge in [-0.25, -0.2) is 4.98 Å². The van der Waals surface area contributed by atoms with Gasteiger partial charge in [0.1, 0.15) is 5.69 Å². The number of aromatic nitrogens is 3. The summed E-state index contributed by atoms with van der Waals surface area (Å²) in [7, 11) is 0. The van der Waals surface area contributed by atoms with Crippen LogP contribution in [0.3, 0.4) is 0 Å². The summed E-state index contributed by atoms with van der Waals surface area (Å²) in [5.41, 5.74) is 8.11. The van der Waals surface area contributed by atoms with E-state index >= 15 is 0 Å². The Morgan fingerprint density at radius 1 is 1.44 bits per heavy atom. The topological polar surface area (TPSA) is 73.8 Å². The number of nitrogens with two attached hydrogens (primary N) is 1. The average molecular weight is 240 g/mol. The molecule has 2 heterocycles. The molecule has 0 atom stereocenters. The van der Waals surface area contributed by atoms with Crippen molar-refractivity contribution in [3.8, 4) is 18.0 Å². The molecule has 18 heavy (non-hydrogen) atoms. The van der Waals surface area contributed by atoms with Crippen LogP contribution in [-0.2, 0) is 0 Å². The Balaban J connectivity index is 2.74. The zero-order valence-corrected chi connectivity index (χ0v) is 10.1. The summed E-state index contributed by atoms with van der Waals surface area (Å²) < 4.78 is 1.62. The first-order valence-electron chi connectivity index (χ1n) is 5.32. The summed E-state index contributed by atoms with van der Waals surface area (Å²) >= 11 is 0. The van der Waals surface area contributed by atoms with Crippen molar-refractivity contribution in [3.05, 3.63) is 41.2 Å². The average Bonchev–Trinajstić information content (AvgIpc) is 2.66. The second kappa shape index (κ2) is 4.34. The molecule has 90 valence electrons. The number of terminal acetylenes is 1. The third-order valence-electron chi connectivity index (χ3n) is 2.58. The van der Waals surface area contributed by atoms with Gasteiger partial charge in [-0.2, -0.15) is 0 Å². The van der Waals surface area contributed by atoms with Crippen LogP contribution >= 0.6 is 0 Å². The van der Waals surface area contributed by atoms with Crippen LogP contribution in [0.15, 0.2) is 18.5 Å². The zero-order chi connectivity index (χ0) is 13.3. The van der Waals surface area contributed by atoms with E-state index in [1.807, 2.05) is 13.0 Å². The second-order valence-electron chi connectivity index (χ2n) is 3.93. The molecule has 0 aliphatic rings. The van der Waals surface area contributed by atoms with Gasteiger partial charge in [-0.3, -0.25) is 14.3 Å². The van der Waals surface area contributed by atoms with Crippen molar-refractivity contribution >= 4 is 5.91 Å². The van der Waals surface area contributed by atoms with Gasteiger partial charge in [-0.1, -0.05) is 0 Å². The maximum Gasteiger partial charge on any atom is 0.285 e. The van der Waals surface area contributed by atoms with Gasteiger partial charge in [0.15, 0.2) is 0 Å². The Morgan fingerprint density at radius 3 is 2.72 bits per heavy atom. The number of imidazole rings is 1. The number of amides is 1. The van der Waals surface area contributed by atoms with Crippen LogP contribution in [0.1, 0.15) is 27.6 Å². The normalized spacial score (nSPS) is 10.1. The van der Waals surface area contributed by atoms with E-state index in [0.717, 1.165) is 11.3 Å². The summed E-state index contributed by atoms with van der Waals surface area (Å²) in [6.45, 7) is 3.70. The minimum absolute atomic E-state index is 0.118. The first-order valence-corrected chi connectivity index (χ1v) is 5.32. The molecule has 2 rings (SSSR count). The van der Waals surface area contributed by atoms with E-state index in [0.29, 0.717) is 11.4 Å². The molecule has 2 aromatic rings. The molecule has 0 saturated heterocycles. The Bertz CT molecular complexity index is 664. The predicted octanol–water partition coefficient (Wildman–Crippen LogP) is 0.964. The van der Waals surface area contributed by atoms with E-state index in [1.54, 1.807) is 23.9 Å². The monoisotopic (exact) mass is 240 g/mol. The third kappa shape index (κ3) is 1.84. The van der Waals surface area contributed by atoms with Crippen LogP contribution < -0.4 is 5.73 Å². The predicted molar refractivity (Wildman–Crippen MR) is 67.3 cm³/mol. The highest BCUT2D eigenvalue weighted by atomic mass is 16.1. The lowest BCUT2D eigenvalue weighted by atomic mass is 10.2. The quantitative estimate of drug-likeness (QED) is 0.795. The lowest BCUT2D eigenvalue weighted by Crippen LogP contribution is -2.18. The molecule has 0 unspecified atom stereocenters. The molecule has 0 bridgehead atoms. The van der Waals surface area contributed by atoms with Crippen molar-refractivity contribution in [2.45, 2.75) is 13.8 Å². The fourth-order valence-corrected chi connectivity index (χ4v) is 1.78. The number of hydrogen-bond donors (Lipinski definition) is 1. The van der Waals surface area contributed by atoms with E-state index < -0.39 is 5.91 Å². The van der Waals surface area contributed by atoms with Gasteiger partial charge in [0.2, 0.25) is 5.82 Å². The van der Waals surface area contributed by atoms with Gasteiger partial charge in [0.05, 0.1) is 17.6 Å². The zero-order valence-electron chi connectivity index (χ0n) is 10.1. The molecule has 0 spiro atoms. The van der Waals surface area contributed by atoms with E-state index in [9.17, 15) is 4.79 Å². The standard InChI is InChI=1S/C13H12N4O/c1-4-11-9(3)17(13(16-11)12(14)18)10-5-8(2)6-15-7-10/h1,5-7H,2-3H3,(H2,14,18). The molecule has 0 radical (unpaired) electrons. The molecule has 1 amide bonds. The van der Waals surface area contributed by atoms with Crippen molar-refractivity contribution in [2.75, 3.05) is 0 Å². The molecule has 0 aromatic carbocycles. The summed E-state index contributed by atoms with van der Waals surface area (Å²) in [6, 6.07) is 1.88. The van der Waals surface area contributed by atoms with Gasteiger partial charge in [-0.15, -0.1) is 6.42 Å². The number of carbonyl (C=O) groups is 1. The molecule has 0 aliphatic carbocycles. The van der Waals surface area contributed by atoms with Crippen LogP contribution in [0.4, 0.5) is 0 Å². The van der Waals surface area contributed by atoms with Crippen molar-refractivity contribution in [2.24, 2.45) is 5.73 Å². The Hall–Kier alpha value is -2.61. The number of pyridine rings is 1. The van der Waals surface area contributed by atoms with Crippen molar-refractivity contribution < 1.29 is 4.79 Å². The van der Waals surface area contributed by atoms with Crippen LogP contribution in [-0.4, -0.2) is 20.4 Å². The fraction of sp³-hybridized carbons (Fsp3) is 0.154. The van der Waals surface area contributed by atoms with Gasteiger partial charge >= 0.3 is 0 Å². The number of hydrogen-bond acceptors (Lipinski definition) is 3. The Kier molecular flexibility index (Phi) is 2.86. The maximum absolute atomic E-state index is 11.4. The van der Waals surface area contributed by atoms with Gasteiger partial charge in [0.25, 0.3) is 5.91 Å². The molecular weight excluding hydrogens is 228 g/mol. The summed E-state index contributed by atoms with van der Waals surface area (Å²) in [4.78, 5) is 19.6. The number of primary amides is 1. The minimum Gasteiger partial charge on any atom is -0.363 e. The highest BCUT2D eigenvalue weighted by molar-refractivity contribution is 5.90. The second-order valence-corrected chi connectivity index (χ2v) is 3.93. The number of carbonyl (C=O) groups excluding carboxylic acids is 1. The molecule has 2 N–H and O–H groups in total. The van der Waals surface area contributed by atoms with E-state index in [4.69, 9.17) is 12.2 Å². The lowest BCUT2D eigenvalue weighted by Gasteiger charge is -2.08. The number of aryl methyl sites for hydroxylation is 1. The number of rotatable bonds is 2. The first kappa shape index (κ1) is 11.9. The molecular formula is C13H12N4O. The summed E-state index contributed by atoms with van der Waals surface area (Å²) in [5.74, 6) is 1.93. The van der Waals surface area contributed by atoms with Crippen LogP contribution in [0.2, 0.25) is 0 Å². The lowest BCUT2D eigenvalue weighted by molar-refractivity contribution is 0.0988.